The number of ether oxygens (including phenoxy) is 2. The van der Waals surface area contributed by atoms with Gasteiger partial charge in [0.05, 0.1) is 25.6 Å². The van der Waals surface area contributed by atoms with E-state index in [4.69, 9.17) is 26.8 Å². The lowest BCUT2D eigenvalue weighted by molar-refractivity contribution is 0.341. The van der Waals surface area contributed by atoms with Gasteiger partial charge in [0.15, 0.2) is 0 Å². The predicted octanol–water partition coefficient (Wildman–Crippen LogP) is 1.87. The van der Waals surface area contributed by atoms with Crippen LogP contribution in [-0.2, 0) is 0 Å². The van der Waals surface area contributed by atoms with Gasteiger partial charge in [0.1, 0.15) is 0 Å². The molecule has 0 aliphatic rings. The second kappa shape index (κ2) is 5.57. The van der Waals surface area contributed by atoms with Crippen molar-refractivity contribution in [2.24, 2.45) is 0 Å². The zero-order valence-corrected chi connectivity index (χ0v) is 11.1. The predicted molar refractivity (Wildman–Crippen MR) is 72.1 cm³/mol. The third kappa shape index (κ3) is 3.14. The quantitative estimate of drug-likeness (QED) is 0.826. The minimum atomic E-state index is 0.141. The summed E-state index contributed by atoms with van der Waals surface area (Å²) < 4.78 is 9.90. The topological polar surface area (TPSA) is 95.2 Å². The van der Waals surface area contributed by atoms with Crippen LogP contribution in [0.25, 0.3) is 0 Å². The van der Waals surface area contributed by atoms with Crippen molar-refractivity contribution in [2.75, 3.05) is 25.3 Å². The number of benzene rings is 1. The highest BCUT2D eigenvalue weighted by Crippen LogP contribution is 2.25. The van der Waals surface area contributed by atoms with Gasteiger partial charge in [-0.2, -0.15) is 9.97 Å². The maximum Gasteiger partial charge on any atom is 0.324 e. The monoisotopic (exact) mass is 281 g/mol. The molecule has 19 heavy (non-hydrogen) atoms. The highest BCUT2D eigenvalue weighted by molar-refractivity contribution is 6.31. The lowest BCUT2D eigenvalue weighted by atomic mass is 10.3. The van der Waals surface area contributed by atoms with Gasteiger partial charge in [-0.1, -0.05) is 11.6 Å². The summed E-state index contributed by atoms with van der Waals surface area (Å²) in [4.78, 5) is 12.0. The molecule has 8 heteroatoms. The van der Waals surface area contributed by atoms with Gasteiger partial charge in [-0.15, -0.1) is 4.98 Å². The van der Waals surface area contributed by atoms with Crippen LogP contribution in [-0.4, -0.2) is 29.2 Å². The number of aromatic nitrogens is 3. The van der Waals surface area contributed by atoms with Crippen molar-refractivity contribution >= 4 is 28.9 Å². The number of hydrogen-bond donors (Lipinski definition) is 2. The first-order chi connectivity index (χ1) is 9.12. The molecule has 1 aromatic heterocycles. The molecule has 0 saturated heterocycles. The standard InChI is InChI=1S/C11H12ClN5O2/c1-18-10-15-9(16-11(17-10)19-2)14-8-4-3-6(12)5-7(8)13/h3-5H,13H2,1-2H3,(H,14,15,16,17). The highest BCUT2D eigenvalue weighted by atomic mass is 35.5. The molecule has 1 aromatic carbocycles. The van der Waals surface area contributed by atoms with Crippen molar-refractivity contribution in [3.63, 3.8) is 0 Å². The number of nitrogens with two attached hydrogens (primary N) is 1. The molecule has 0 amide bonds. The van der Waals surface area contributed by atoms with Crippen molar-refractivity contribution in [1.82, 2.24) is 15.0 Å². The van der Waals surface area contributed by atoms with E-state index in [0.717, 1.165) is 0 Å². The van der Waals surface area contributed by atoms with E-state index in [1.54, 1.807) is 18.2 Å². The minimum absolute atomic E-state index is 0.141. The van der Waals surface area contributed by atoms with Gasteiger partial charge in [-0.05, 0) is 18.2 Å². The van der Waals surface area contributed by atoms with Crippen LogP contribution in [0.3, 0.4) is 0 Å². The molecule has 0 unspecified atom stereocenters. The molecule has 0 radical (unpaired) electrons. The largest absolute Gasteiger partial charge is 0.467 e. The smallest absolute Gasteiger partial charge is 0.324 e. The normalized spacial score (nSPS) is 10.1. The van der Waals surface area contributed by atoms with E-state index in [1.165, 1.54) is 14.2 Å². The fourth-order valence-electron chi connectivity index (χ4n) is 1.34. The second-order valence-electron chi connectivity index (χ2n) is 3.49. The summed E-state index contributed by atoms with van der Waals surface area (Å²) in [5.74, 6) is 0.262. The average molecular weight is 282 g/mol. The first kappa shape index (κ1) is 13.2. The minimum Gasteiger partial charge on any atom is -0.467 e. The molecule has 0 atom stereocenters. The lowest BCUT2D eigenvalue weighted by Crippen LogP contribution is -2.05. The van der Waals surface area contributed by atoms with Crippen LogP contribution in [0, 0.1) is 0 Å². The van der Waals surface area contributed by atoms with E-state index in [9.17, 15) is 0 Å². The van der Waals surface area contributed by atoms with Crippen LogP contribution in [0.4, 0.5) is 17.3 Å². The third-order valence-corrected chi connectivity index (χ3v) is 2.45. The first-order valence-electron chi connectivity index (χ1n) is 5.28. The molecular formula is C11H12ClN5O2. The zero-order valence-electron chi connectivity index (χ0n) is 10.3. The van der Waals surface area contributed by atoms with E-state index in [2.05, 4.69) is 20.3 Å². The molecule has 0 bridgehead atoms. The Morgan fingerprint density at radius 1 is 1.11 bits per heavy atom. The Bertz CT molecular complexity index is 571. The number of halogens is 1. The summed E-state index contributed by atoms with van der Waals surface area (Å²) in [6.07, 6.45) is 0. The molecule has 0 spiro atoms. The second-order valence-corrected chi connectivity index (χ2v) is 3.93. The van der Waals surface area contributed by atoms with Crippen LogP contribution < -0.4 is 20.5 Å². The van der Waals surface area contributed by atoms with E-state index >= 15 is 0 Å². The van der Waals surface area contributed by atoms with Gasteiger partial charge in [-0.25, -0.2) is 0 Å². The third-order valence-electron chi connectivity index (χ3n) is 2.22. The van der Waals surface area contributed by atoms with Crippen LogP contribution in [0.1, 0.15) is 0 Å². The summed E-state index contributed by atoms with van der Waals surface area (Å²) in [6, 6.07) is 5.33. The Hall–Kier alpha value is -2.28. The molecule has 1 heterocycles. The summed E-state index contributed by atoms with van der Waals surface area (Å²) in [6.45, 7) is 0. The van der Waals surface area contributed by atoms with E-state index in [-0.39, 0.29) is 18.0 Å². The number of nitrogen functional groups attached to an aromatic ring is 1. The van der Waals surface area contributed by atoms with Crippen molar-refractivity contribution in [3.05, 3.63) is 23.2 Å². The molecule has 2 rings (SSSR count). The fraction of sp³-hybridized carbons (Fsp3) is 0.182. The summed E-state index contributed by atoms with van der Waals surface area (Å²) in [7, 11) is 2.91. The molecule has 100 valence electrons. The van der Waals surface area contributed by atoms with Crippen molar-refractivity contribution in [2.45, 2.75) is 0 Å². The van der Waals surface area contributed by atoms with Gasteiger partial charge < -0.3 is 20.5 Å². The number of rotatable bonds is 4. The summed E-state index contributed by atoms with van der Waals surface area (Å²) >= 11 is 5.83. The number of hydrogen-bond acceptors (Lipinski definition) is 7. The molecule has 0 aliphatic carbocycles. The summed E-state index contributed by atoms with van der Waals surface area (Å²) in [5.41, 5.74) is 6.93. The lowest BCUT2D eigenvalue weighted by Gasteiger charge is -2.09. The molecule has 2 aromatic rings. The van der Waals surface area contributed by atoms with Crippen LogP contribution in [0.2, 0.25) is 5.02 Å². The van der Waals surface area contributed by atoms with Gasteiger partial charge in [0.25, 0.3) is 0 Å². The molecule has 0 fully saturated rings. The van der Waals surface area contributed by atoms with Crippen LogP contribution >= 0.6 is 11.6 Å². The van der Waals surface area contributed by atoms with Crippen molar-refractivity contribution in [1.29, 1.82) is 0 Å². The maximum absolute atomic E-state index is 5.83. The number of nitrogens with one attached hydrogen (secondary N) is 1. The molecular weight excluding hydrogens is 270 g/mol. The maximum atomic E-state index is 5.83. The van der Waals surface area contributed by atoms with E-state index < -0.39 is 0 Å². The van der Waals surface area contributed by atoms with E-state index in [0.29, 0.717) is 16.4 Å². The van der Waals surface area contributed by atoms with Crippen molar-refractivity contribution in [3.8, 4) is 12.0 Å². The Morgan fingerprint density at radius 2 is 1.74 bits per heavy atom. The van der Waals surface area contributed by atoms with Crippen LogP contribution in [0.5, 0.6) is 12.0 Å². The van der Waals surface area contributed by atoms with Gasteiger partial charge in [0, 0.05) is 5.02 Å². The first-order valence-corrected chi connectivity index (χ1v) is 5.66. The number of methoxy groups -OCH3 is 2. The van der Waals surface area contributed by atoms with Gasteiger partial charge in [-0.3, -0.25) is 0 Å². The van der Waals surface area contributed by atoms with E-state index in [1.807, 2.05) is 0 Å². The van der Waals surface area contributed by atoms with Crippen LogP contribution in [0.15, 0.2) is 18.2 Å². The molecule has 7 nitrogen and oxygen atoms in total. The fourth-order valence-corrected chi connectivity index (χ4v) is 1.52. The molecule has 0 saturated carbocycles. The Balaban J connectivity index is 2.31. The van der Waals surface area contributed by atoms with Crippen molar-refractivity contribution < 1.29 is 9.47 Å². The number of anilines is 3. The SMILES string of the molecule is COc1nc(Nc2ccc(Cl)cc2N)nc(OC)n1. The Morgan fingerprint density at radius 3 is 2.26 bits per heavy atom. The zero-order chi connectivity index (χ0) is 13.8. The number of nitrogens with zero attached hydrogens (tertiary/aromatic N) is 3. The van der Waals surface area contributed by atoms with Gasteiger partial charge >= 0.3 is 12.0 Å². The Labute approximate surface area is 114 Å². The highest BCUT2D eigenvalue weighted by Gasteiger charge is 2.08. The average Bonchev–Trinajstić information content (AvgIpc) is 2.41. The summed E-state index contributed by atoms with van der Waals surface area (Å²) in [5, 5.41) is 3.49. The molecule has 0 aliphatic heterocycles. The molecule has 3 N–H and O–H groups in total. The van der Waals surface area contributed by atoms with Gasteiger partial charge in [0.2, 0.25) is 5.95 Å². The Kier molecular flexibility index (Phi) is 3.86.